The second-order valence-corrected chi connectivity index (χ2v) is 6.10. The van der Waals surface area contributed by atoms with Crippen molar-refractivity contribution in [3.05, 3.63) is 36.5 Å². The van der Waals surface area contributed by atoms with Gasteiger partial charge in [0.25, 0.3) is 0 Å². The van der Waals surface area contributed by atoms with Crippen LogP contribution in [0.3, 0.4) is 0 Å². The number of benzene rings is 1. The van der Waals surface area contributed by atoms with Gasteiger partial charge in [-0.15, -0.1) is 0 Å². The Balaban J connectivity index is 1.54. The highest BCUT2D eigenvalue weighted by Crippen LogP contribution is 2.49. The van der Waals surface area contributed by atoms with Crippen LogP contribution in [0, 0.1) is 17.8 Å². The summed E-state index contributed by atoms with van der Waals surface area (Å²) in [5, 5.41) is 4.94. The molecule has 2 nitrogen and oxygen atoms in total. The molecule has 0 atom stereocenters. The topological polar surface area (TPSA) is 24.9 Å². The second kappa shape index (κ2) is 4.52. The Kier molecular flexibility index (Phi) is 2.68. The fourth-order valence-corrected chi connectivity index (χ4v) is 3.24. The SMILES string of the molecule is c1ccc2c(NCC(C3CC3)C3CC3)ccnc2c1. The maximum atomic E-state index is 4.42. The first kappa shape index (κ1) is 11.3. The molecule has 2 aromatic rings. The maximum absolute atomic E-state index is 4.42. The predicted molar refractivity (Wildman–Crippen MR) is 79.2 cm³/mol. The van der Waals surface area contributed by atoms with Gasteiger partial charge in [0, 0.05) is 23.8 Å². The molecule has 0 saturated heterocycles. The van der Waals surface area contributed by atoms with E-state index in [-0.39, 0.29) is 0 Å². The highest BCUT2D eigenvalue weighted by Gasteiger charge is 2.40. The molecule has 1 heterocycles. The monoisotopic (exact) mass is 252 g/mol. The lowest BCUT2D eigenvalue weighted by Gasteiger charge is -2.18. The van der Waals surface area contributed by atoms with Crippen LogP contribution in [0.5, 0.6) is 0 Å². The molecule has 1 N–H and O–H groups in total. The van der Waals surface area contributed by atoms with Crippen LogP contribution in [0.1, 0.15) is 25.7 Å². The molecule has 2 fully saturated rings. The third kappa shape index (κ3) is 2.32. The van der Waals surface area contributed by atoms with Crippen LogP contribution in [0.15, 0.2) is 36.5 Å². The summed E-state index contributed by atoms with van der Waals surface area (Å²) in [5.41, 5.74) is 2.33. The third-order valence-corrected chi connectivity index (χ3v) is 4.63. The number of para-hydroxylation sites is 1. The molecule has 0 radical (unpaired) electrons. The van der Waals surface area contributed by atoms with Gasteiger partial charge in [0.2, 0.25) is 0 Å². The summed E-state index contributed by atoms with van der Waals surface area (Å²) in [7, 11) is 0. The maximum Gasteiger partial charge on any atom is 0.0722 e. The van der Waals surface area contributed by atoms with E-state index in [1.54, 1.807) is 0 Å². The quantitative estimate of drug-likeness (QED) is 0.867. The third-order valence-electron chi connectivity index (χ3n) is 4.63. The molecule has 2 aliphatic carbocycles. The van der Waals surface area contributed by atoms with Crippen LogP contribution in [-0.2, 0) is 0 Å². The van der Waals surface area contributed by atoms with Gasteiger partial charge >= 0.3 is 0 Å². The predicted octanol–water partition coefficient (Wildman–Crippen LogP) is 4.08. The molecule has 2 heteroatoms. The standard InChI is InChI=1S/C17H20N2/c1-2-4-16-14(3-1)17(9-10-18-16)19-11-15(12-5-6-12)13-7-8-13/h1-4,9-10,12-13,15H,5-8,11H2,(H,18,19). The van der Waals surface area contributed by atoms with E-state index >= 15 is 0 Å². The molecular formula is C17H20N2. The molecule has 98 valence electrons. The second-order valence-electron chi connectivity index (χ2n) is 6.10. The first-order valence-electron chi connectivity index (χ1n) is 7.49. The van der Waals surface area contributed by atoms with E-state index in [1.165, 1.54) is 36.8 Å². The van der Waals surface area contributed by atoms with Crippen LogP contribution < -0.4 is 5.32 Å². The Hall–Kier alpha value is -1.57. The average Bonchev–Trinajstić information content (AvgIpc) is 3.33. The zero-order chi connectivity index (χ0) is 12.7. The Morgan fingerprint density at radius 1 is 1.05 bits per heavy atom. The lowest BCUT2D eigenvalue weighted by Crippen LogP contribution is -2.18. The first-order valence-corrected chi connectivity index (χ1v) is 7.49. The van der Waals surface area contributed by atoms with Crippen LogP contribution >= 0.6 is 0 Å². The number of hydrogen-bond acceptors (Lipinski definition) is 2. The summed E-state index contributed by atoms with van der Waals surface area (Å²) in [6, 6.07) is 10.5. The van der Waals surface area contributed by atoms with Crippen LogP contribution in [-0.4, -0.2) is 11.5 Å². The van der Waals surface area contributed by atoms with Crippen molar-refractivity contribution < 1.29 is 0 Å². The molecule has 0 bridgehead atoms. The minimum absolute atomic E-state index is 0.909. The van der Waals surface area contributed by atoms with Gasteiger partial charge in [0.05, 0.1) is 5.52 Å². The van der Waals surface area contributed by atoms with Gasteiger partial charge < -0.3 is 5.32 Å². The zero-order valence-corrected chi connectivity index (χ0v) is 11.2. The average molecular weight is 252 g/mol. The summed E-state index contributed by atoms with van der Waals surface area (Å²) in [6.07, 6.45) is 7.74. The van der Waals surface area contributed by atoms with Gasteiger partial charge in [0.15, 0.2) is 0 Å². The van der Waals surface area contributed by atoms with Crippen molar-refractivity contribution in [2.24, 2.45) is 17.8 Å². The van der Waals surface area contributed by atoms with Crippen molar-refractivity contribution in [2.45, 2.75) is 25.7 Å². The van der Waals surface area contributed by atoms with E-state index in [2.05, 4.69) is 40.6 Å². The summed E-state index contributed by atoms with van der Waals surface area (Å²) >= 11 is 0. The van der Waals surface area contributed by atoms with Crippen molar-refractivity contribution in [2.75, 3.05) is 11.9 Å². The molecule has 2 aliphatic rings. The fourth-order valence-electron chi connectivity index (χ4n) is 3.24. The number of rotatable bonds is 5. The zero-order valence-electron chi connectivity index (χ0n) is 11.2. The Morgan fingerprint density at radius 2 is 1.79 bits per heavy atom. The first-order chi connectivity index (χ1) is 9.42. The van der Waals surface area contributed by atoms with E-state index < -0.39 is 0 Å². The van der Waals surface area contributed by atoms with Gasteiger partial charge in [-0.05, 0) is 55.6 Å². The molecule has 1 aromatic carbocycles. The summed E-state index contributed by atoms with van der Waals surface area (Å²) < 4.78 is 0. The van der Waals surface area contributed by atoms with Gasteiger partial charge in [0.1, 0.15) is 0 Å². The van der Waals surface area contributed by atoms with E-state index in [9.17, 15) is 0 Å². The lowest BCUT2D eigenvalue weighted by atomic mass is 9.98. The molecule has 4 rings (SSSR count). The Bertz CT molecular complexity index is 567. The Labute approximate surface area is 114 Å². The van der Waals surface area contributed by atoms with Crippen molar-refractivity contribution in [1.29, 1.82) is 0 Å². The van der Waals surface area contributed by atoms with Gasteiger partial charge in [-0.2, -0.15) is 0 Å². The number of pyridine rings is 1. The van der Waals surface area contributed by atoms with Crippen LogP contribution in [0.25, 0.3) is 10.9 Å². The highest BCUT2D eigenvalue weighted by atomic mass is 14.9. The molecule has 19 heavy (non-hydrogen) atoms. The summed E-state index contributed by atoms with van der Waals surface area (Å²) in [5.74, 6) is 2.92. The lowest BCUT2D eigenvalue weighted by molar-refractivity contribution is 0.428. The van der Waals surface area contributed by atoms with E-state index in [1.807, 2.05) is 6.20 Å². The highest BCUT2D eigenvalue weighted by molar-refractivity contribution is 5.90. The number of hydrogen-bond donors (Lipinski definition) is 1. The van der Waals surface area contributed by atoms with Crippen molar-refractivity contribution in [1.82, 2.24) is 4.98 Å². The number of anilines is 1. The molecule has 1 aromatic heterocycles. The van der Waals surface area contributed by atoms with Crippen molar-refractivity contribution in [3.63, 3.8) is 0 Å². The molecular weight excluding hydrogens is 232 g/mol. The molecule has 2 saturated carbocycles. The Morgan fingerprint density at radius 3 is 2.53 bits per heavy atom. The number of fused-ring (bicyclic) bond motifs is 1. The number of aromatic nitrogens is 1. The summed E-state index contributed by atoms with van der Waals surface area (Å²) in [4.78, 5) is 4.42. The van der Waals surface area contributed by atoms with Crippen molar-refractivity contribution in [3.8, 4) is 0 Å². The van der Waals surface area contributed by atoms with Crippen LogP contribution in [0.4, 0.5) is 5.69 Å². The molecule has 0 amide bonds. The normalized spacial score (nSPS) is 19.0. The number of nitrogens with zero attached hydrogens (tertiary/aromatic N) is 1. The summed E-state index contributed by atoms with van der Waals surface area (Å²) in [6.45, 7) is 1.14. The molecule has 0 aliphatic heterocycles. The van der Waals surface area contributed by atoms with Gasteiger partial charge in [-0.3, -0.25) is 4.98 Å². The van der Waals surface area contributed by atoms with E-state index in [4.69, 9.17) is 0 Å². The number of nitrogens with one attached hydrogen (secondary N) is 1. The largest absolute Gasteiger partial charge is 0.384 e. The van der Waals surface area contributed by atoms with E-state index in [0.29, 0.717) is 0 Å². The van der Waals surface area contributed by atoms with Gasteiger partial charge in [-0.25, -0.2) is 0 Å². The smallest absolute Gasteiger partial charge is 0.0722 e. The van der Waals surface area contributed by atoms with E-state index in [0.717, 1.165) is 29.8 Å². The van der Waals surface area contributed by atoms with Crippen LogP contribution in [0.2, 0.25) is 0 Å². The minimum Gasteiger partial charge on any atom is -0.384 e. The fraction of sp³-hybridized carbons (Fsp3) is 0.471. The van der Waals surface area contributed by atoms with Gasteiger partial charge in [-0.1, -0.05) is 18.2 Å². The molecule has 0 unspecified atom stereocenters. The van der Waals surface area contributed by atoms with Crippen molar-refractivity contribution >= 4 is 16.6 Å². The molecule has 0 spiro atoms. The minimum atomic E-state index is 0.909.